The van der Waals surface area contributed by atoms with Gasteiger partial charge < -0.3 is 36.4 Å². The van der Waals surface area contributed by atoms with Crippen molar-refractivity contribution in [1.82, 2.24) is 36.4 Å². The van der Waals surface area contributed by atoms with Crippen LogP contribution in [0.4, 0.5) is 0 Å². The summed E-state index contributed by atoms with van der Waals surface area (Å²) in [5.41, 5.74) is 6.85. The van der Waals surface area contributed by atoms with Gasteiger partial charge in [-0.3, -0.25) is 28.8 Å². The molecule has 0 bridgehead atoms. The van der Waals surface area contributed by atoms with Gasteiger partial charge in [-0.25, -0.2) is 0 Å². The lowest BCUT2D eigenvalue weighted by Crippen LogP contribution is -2.55. The molecule has 0 radical (unpaired) electrons. The van der Waals surface area contributed by atoms with Crippen molar-refractivity contribution in [3.05, 3.63) is 106 Å². The maximum absolute atomic E-state index is 14.4. The Morgan fingerprint density at radius 1 is 0.621 bits per heavy atom. The third kappa shape index (κ3) is 11.8. The summed E-state index contributed by atoms with van der Waals surface area (Å²) in [6, 6.07) is 20.7. The molecule has 8 atom stereocenters. The summed E-state index contributed by atoms with van der Waals surface area (Å²) in [5, 5.41) is 15.2. The number of carbonyl (C=O) groups excluding carboxylic acids is 6. The quantitative estimate of drug-likeness (QED) is 0.112. The van der Waals surface area contributed by atoms with Gasteiger partial charge in [0, 0.05) is 25.9 Å². The van der Waals surface area contributed by atoms with E-state index in [0.29, 0.717) is 58.0 Å². The van der Waals surface area contributed by atoms with Crippen LogP contribution in [0.5, 0.6) is 0 Å². The summed E-state index contributed by atoms with van der Waals surface area (Å²) in [5.74, 6) is -0.950. The molecular formula is C53H71N7O6. The first-order valence-corrected chi connectivity index (χ1v) is 24.6. The van der Waals surface area contributed by atoms with Crippen molar-refractivity contribution < 1.29 is 28.8 Å². The van der Waals surface area contributed by atoms with Gasteiger partial charge in [0.2, 0.25) is 29.5 Å². The van der Waals surface area contributed by atoms with Crippen LogP contribution >= 0.6 is 0 Å². The maximum atomic E-state index is 14.4. The molecular weight excluding hydrogens is 831 g/mol. The molecule has 0 saturated carbocycles. The average Bonchev–Trinajstić information content (AvgIpc) is 4.05. The third-order valence-corrected chi connectivity index (χ3v) is 14.7. The zero-order valence-corrected chi connectivity index (χ0v) is 39.4. The van der Waals surface area contributed by atoms with E-state index in [1.54, 1.807) is 37.7 Å². The van der Waals surface area contributed by atoms with Gasteiger partial charge >= 0.3 is 0 Å². The Kier molecular flexibility index (Phi) is 16.8. The number of fused-ring (bicyclic) bond motifs is 2. The topological polar surface area (TPSA) is 169 Å². The zero-order chi connectivity index (χ0) is 46.7. The van der Waals surface area contributed by atoms with E-state index in [2.05, 4.69) is 56.9 Å². The van der Waals surface area contributed by atoms with Crippen LogP contribution in [0.1, 0.15) is 130 Å². The monoisotopic (exact) mass is 902 g/mol. The SMILES string of the molecule is CN[C@@H](C)C(=O)N[C@@H](Cc1ccc(CCC[C@H](NC(=O)[C@H](C)NC)C(=O)N2CCC[C@H]2C(=O)N[C@@H]2CCCc3ccccc32)cc1)C(=O)N1CCC[C@H]1C(=O)C[C@@H]1CCCc2ccccc21. The Morgan fingerprint density at radius 2 is 1.17 bits per heavy atom. The number of nitrogens with one attached hydrogen (secondary N) is 5. The molecule has 2 aliphatic carbocycles. The third-order valence-electron chi connectivity index (χ3n) is 14.7. The molecule has 2 heterocycles. The molecule has 2 saturated heterocycles. The largest absolute Gasteiger partial charge is 0.347 e. The number of rotatable bonds is 19. The molecule has 5 amide bonds. The molecule has 0 unspecified atom stereocenters. The molecule has 3 aromatic rings. The van der Waals surface area contributed by atoms with E-state index in [0.717, 1.165) is 61.6 Å². The van der Waals surface area contributed by atoms with Crippen LogP contribution < -0.4 is 26.6 Å². The minimum Gasteiger partial charge on any atom is -0.347 e. The first-order chi connectivity index (χ1) is 31.9. The molecule has 0 spiro atoms. The fraction of sp³-hybridized carbons (Fsp3) is 0.547. The molecule has 13 nitrogen and oxygen atoms in total. The van der Waals surface area contributed by atoms with E-state index in [-0.39, 0.29) is 53.7 Å². The highest BCUT2D eigenvalue weighted by molar-refractivity contribution is 5.95. The number of hydrogen-bond acceptors (Lipinski definition) is 8. The Balaban J connectivity index is 0.982. The van der Waals surface area contributed by atoms with Crippen molar-refractivity contribution in [2.75, 3.05) is 27.2 Å². The molecule has 0 aromatic heterocycles. The number of ketones is 1. The average molecular weight is 902 g/mol. The smallest absolute Gasteiger partial charge is 0.246 e. The van der Waals surface area contributed by atoms with Crippen LogP contribution in [-0.2, 0) is 54.5 Å². The van der Waals surface area contributed by atoms with Gasteiger partial charge in [-0.05, 0) is 151 Å². The Hall–Kier alpha value is -5.40. The molecule has 4 aliphatic rings. The lowest BCUT2D eigenvalue weighted by molar-refractivity contribution is -0.142. The van der Waals surface area contributed by atoms with Gasteiger partial charge in [-0.15, -0.1) is 0 Å². The van der Waals surface area contributed by atoms with E-state index in [9.17, 15) is 28.8 Å². The van der Waals surface area contributed by atoms with Crippen molar-refractivity contribution in [2.24, 2.45) is 0 Å². The van der Waals surface area contributed by atoms with Gasteiger partial charge in [0.15, 0.2) is 5.78 Å². The number of likely N-dealkylation sites (N-methyl/N-ethyl adjacent to an activating group) is 2. The number of likely N-dealkylation sites (tertiary alicyclic amines) is 2. The van der Waals surface area contributed by atoms with Crippen molar-refractivity contribution >= 4 is 35.3 Å². The fourth-order valence-corrected chi connectivity index (χ4v) is 10.6. The summed E-state index contributed by atoms with van der Waals surface area (Å²) in [7, 11) is 3.40. The van der Waals surface area contributed by atoms with Crippen LogP contribution in [0.2, 0.25) is 0 Å². The minimum atomic E-state index is -0.853. The molecule has 354 valence electrons. The van der Waals surface area contributed by atoms with E-state index in [4.69, 9.17) is 0 Å². The number of aryl methyl sites for hydroxylation is 3. The zero-order valence-electron chi connectivity index (χ0n) is 39.4. The number of carbonyl (C=O) groups is 6. The highest BCUT2D eigenvalue weighted by Crippen LogP contribution is 2.36. The van der Waals surface area contributed by atoms with Gasteiger partial charge in [0.25, 0.3) is 0 Å². The van der Waals surface area contributed by atoms with Gasteiger partial charge in [0.1, 0.15) is 18.1 Å². The van der Waals surface area contributed by atoms with Crippen LogP contribution in [0.15, 0.2) is 72.8 Å². The van der Waals surface area contributed by atoms with Crippen molar-refractivity contribution in [2.45, 2.75) is 158 Å². The second-order valence-electron chi connectivity index (χ2n) is 19.0. The van der Waals surface area contributed by atoms with Gasteiger partial charge in [0.05, 0.1) is 24.2 Å². The van der Waals surface area contributed by atoms with Gasteiger partial charge in [-0.2, -0.15) is 0 Å². The van der Waals surface area contributed by atoms with Crippen molar-refractivity contribution in [3.8, 4) is 0 Å². The number of nitrogens with zero attached hydrogens (tertiary/aromatic N) is 2. The first kappa shape index (κ1) is 48.5. The summed E-state index contributed by atoms with van der Waals surface area (Å²) < 4.78 is 0. The first-order valence-electron chi connectivity index (χ1n) is 24.6. The van der Waals surface area contributed by atoms with E-state index in [1.807, 2.05) is 42.5 Å². The number of hydrogen-bond donors (Lipinski definition) is 5. The molecule has 2 fully saturated rings. The molecule has 7 rings (SSSR count). The Morgan fingerprint density at radius 3 is 1.83 bits per heavy atom. The number of benzene rings is 3. The summed E-state index contributed by atoms with van der Waals surface area (Å²) >= 11 is 0. The fourth-order valence-electron chi connectivity index (χ4n) is 10.6. The van der Waals surface area contributed by atoms with Crippen molar-refractivity contribution in [3.63, 3.8) is 0 Å². The van der Waals surface area contributed by atoms with Crippen LogP contribution in [0.25, 0.3) is 0 Å². The molecule has 13 heteroatoms. The van der Waals surface area contributed by atoms with Crippen LogP contribution in [-0.4, -0.2) is 109 Å². The Bertz CT molecular complexity index is 2200. The number of Topliss-reactive ketones (excluding diaryl/α,β-unsaturated/α-hetero) is 1. The van der Waals surface area contributed by atoms with E-state index >= 15 is 0 Å². The predicted octanol–water partition coefficient (Wildman–Crippen LogP) is 4.99. The molecule has 5 N–H and O–H groups in total. The summed E-state index contributed by atoms with van der Waals surface area (Å²) in [6.45, 7) is 4.42. The standard InChI is InChI=1S/C53H71N7O6/c1-34(54-3)49(62)57-44(52(65)60-31-13-25-47(60)51(64)56-43-22-11-18-39-16-6-8-21-42(39)43)23-9-14-36-26-28-37(29-27-36)32-45(58-50(63)35(2)55-4)53(66)59-30-12-24-46(59)48(61)33-40-19-10-17-38-15-5-7-20-41(38)40/h5-8,15-16,20-21,26-29,34-35,40,43-47,54-55H,9-14,17-19,22-25,30-33H2,1-4H3,(H,56,64)(H,57,62)(H,58,63)/t34-,35-,40-,43+,44-,45-,46-,47-/m0/s1. The van der Waals surface area contributed by atoms with E-state index in [1.165, 1.54) is 16.7 Å². The minimum absolute atomic E-state index is 0.0888. The van der Waals surface area contributed by atoms with Crippen molar-refractivity contribution in [1.29, 1.82) is 0 Å². The van der Waals surface area contributed by atoms with Crippen LogP contribution in [0.3, 0.4) is 0 Å². The lowest BCUT2D eigenvalue weighted by atomic mass is 9.79. The normalized spacial score (nSPS) is 22.0. The molecule has 66 heavy (non-hydrogen) atoms. The van der Waals surface area contributed by atoms with Gasteiger partial charge in [-0.1, -0.05) is 72.8 Å². The highest BCUT2D eigenvalue weighted by Gasteiger charge is 2.40. The lowest BCUT2D eigenvalue weighted by Gasteiger charge is -2.32. The van der Waals surface area contributed by atoms with E-state index < -0.39 is 36.3 Å². The second-order valence-corrected chi connectivity index (χ2v) is 19.0. The molecule has 2 aliphatic heterocycles. The molecule has 3 aromatic carbocycles. The Labute approximate surface area is 391 Å². The summed E-state index contributed by atoms with van der Waals surface area (Å²) in [6.07, 6.45) is 10.8. The summed E-state index contributed by atoms with van der Waals surface area (Å²) in [4.78, 5) is 86.3. The van der Waals surface area contributed by atoms with Crippen LogP contribution in [0, 0.1) is 0 Å². The highest BCUT2D eigenvalue weighted by atomic mass is 16.2. The predicted molar refractivity (Wildman–Crippen MR) is 255 cm³/mol. The second kappa shape index (κ2) is 22.9. The number of amides is 5. The maximum Gasteiger partial charge on any atom is 0.246 e.